The monoisotopic (exact) mass is 246 g/mol. The largest absolute Gasteiger partial charge is 0.390 e. The number of aliphatic hydroxyl groups excluding tert-OH is 2. The van der Waals surface area contributed by atoms with Gasteiger partial charge in [0.15, 0.2) is 0 Å². The second-order valence-electron chi connectivity index (χ2n) is 4.35. The summed E-state index contributed by atoms with van der Waals surface area (Å²) in [5, 5.41) is 25.0. The van der Waals surface area contributed by atoms with Crippen LogP contribution in [0, 0.1) is 0 Å². The van der Waals surface area contributed by atoms with Crippen molar-refractivity contribution in [1.82, 2.24) is 10.3 Å². The number of rotatable bonds is 5. The maximum absolute atomic E-state index is 10.2. The Morgan fingerprint density at radius 1 is 1.28 bits per heavy atom. The molecule has 2 atom stereocenters. The minimum atomic E-state index is -0.883. The first kappa shape index (κ1) is 13.0. The molecule has 1 heterocycles. The van der Waals surface area contributed by atoms with Crippen molar-refractivity contribution in [2.75, 3.05) is 13.6 Å². The molecule has 0 aliphatic heterocycles. The van der Waals surface area contributed by atoms with Gasteiger partial charge in [0.2, 0.25) is 0 Å². The molecule has 3 N–H and O–H groups in total. The first-order chi connectivity index (χ1) is 8.74. The van der Waals surface area contributed by atoms with E-state index in [2.05, 4.69) is 10.3 Å². The maximum Gasteiger partial charge on any atom is 0.106 e. The summed E-state index contributed by atoms with van der Waals surface area (Å²) in [6.07, 6.45) is 2.29. The Balaban J connectivity index is 2.29. The average Bonchev–Trinajstić information content (AvgIpc) is 2.43. The first-order valence-electron chi connectivity index (χ1n) is 6.07. The van der Waals surface area contributed by atoms with Crippen LogP contribution in [0.25, 0.3) is 10.8 Å². The zero-order valence-electron chi connectivity index (χ0n) is 10.4. The maximum atomic E-state index is 10.2. The topological polar surface area (TPSA) is 65.4 Å². The van der Waals surface area contributed by atoms with E-state index >= 15 is 0 Å². The second-order valence-corrected chi connectivity index (χ2v) is 4.35. The third-order valence-corrected chi connectivity index (χ3v) is 3.09. The van der Waals surface area contributed by atoms with E-state index in [1.807, 2.05) is 31.3 Å². The van der Waals surface area contributed by atoms with Crippen LogP contribution in [0.5, 0.6) is 0 Å². The lowest BCUT2D eigenvalue weighted by molar-refractivity contribution is 0.0149. The molecule has 0 fully saturated rings. The highest BCUT2D eigenvalue weighted by atomic mass is 16.3. The van der Waals surface area contributed by atoms with Gasteiger partial charge in [0.1, 0.15) is 6.10 Å². The predicted octanol–water partition coefficient (Wildman–Crippen LogP) is 1.24. The number of hydrogen-bond donors (Lipinski definition) is 3. The predicted molar refractivity (Wildman–Crippen MR) is 71.3 cm³/mol. The molecule has 0 amide bonds. The van der Waals surface area contributed by atoms with Gasteiger partial charge in [-0.15, -0.1) is 0 Å². The van der Waals surface area contributed by atoms with Crippen LogP contribution in [0.2, 0.25) is 0 Å². The van der Waals surface area contributed by atoms with Gasteiger partial charge < -0.3 is 15.5 Å². The molecule has 2 aromatic rings. The number of fused-ring (bicyclic) bond motifs is 1. The van der Waals surface area contributed by atoms with Gasteiger partial charge in [-0.1, -0.05) is 18.2 Å². The van der Waals surface area contributed by atoms with E-state index in [0.29, 0.717) is 13.0 Å². The quantitative estimate of drug-likeness (QED) is 0.742. The molecule has 18 heavy (non-hydrogen) atoms. The van der Waals surface area contributed by atoms with Crippen molar-refractivity contribution < 1.29 is 10.2 Å². The fourth-order valence-corrected chi connectivity index (χ4v) is 2.05. The minimum Gasteiger partial charge on any atom is -0.390 e. The van der Waals surface area contributed by atoms with Crippen molar-refractivity contribution in [3.63, 3.8) is 0 Å². The highest BCUT2D eigenvalue weighted by molar-refractivity contribution is 5.85. The number of hydrogen-bond acceptors (Lipinski definition) is 4. The van der Waals surface area contributed by atoms with Gasteiger partial charge in [0, 0.05) is 17.8 Å². The van der Waals surface area contributed by atoms with Gasteiger partial charge in [0.25, 0.3) is 0 Å². The van der Waals surface area contributed by atoms with Crippen LogP contribution in [0.1, 0.15) is 18.1 Å². The lowest BCUT2D eigenvalue weighted by atomic mass is 9.97. The van der Waals surface area contributed by atoms with Crippen molar-refractivity contribution >= 4 is 10.8 Å². The fourth-order valence-electron chi connectivity index (χ4n) is 2.05. The van der Waals surface area contributed by atoms with E-state index in [9.17, 15) is 10.2 Å². The summed E-state index contributed by atoms with van der Waals surface area (Å²) in [6, 6.07) is 7.57. The number of pyridine rings is 1. The highest BCUT2D eigenvalue weighted by Crippen LogP contribution is 2.26. The van der Waals surface area contributed by atoms with Crippen molar-refractivity contribution in [3.8, 4) is 0 Å². The normalized spacial score (nSPS) is 14.6. The third kappa shape index (κ3) is 2.67. The Morgan fingerprint density at radius 2 is 2.11 bits per heavy atom. The number of nitrogens with zero attached hydrogens (tertiary/aromatic N) is 1. The molecule has 96 valence electrons. The van der Waals surface area contributed by atoms with Crippen LogP contribution in [0.3, 0.4) is 0 Å². The van der Waals surface area contributed by atoms with Gasteiger partial charge in [0.05, 0.1) is 6.10 Å². The van der Waals surface area contributed by atoms with Crippen molar-refractivity contribution in [2.24, 2.45) is 0 Å². The summed E-state index contributed by atoms with van der Waals surface area (Å²) in [6.45, 7) is 0.668. The summed E-state index contributed by atoms with van der Waals surface area (Å²) >= 11 is 0. The Morgan fingerprint density at radius 3 is 2.89 bits per heavy atom. The third-order valence-electron chi connectivity index (χ3n) is 3.09. The summed E-state index contributed by atoms with van der Waals surface area (Å²) in [7, 11) is 1.82. The highest BCUT2D eigenvalue weighted by Gasteiger charge is 2.19. The summed E-state index contributed by atoms with van der Waals surface area (Å²) in [4.78, 5) is 4.07. The Kier molecular flexibility index (Phi) is 4.25. The summed E-state index contributed by atoms with van der Waals surface area (Å²) < 4.78 is 0. The molecular weight excluding hydrogens is 228 g/mol. The zero-order valence-corrected chi connectivity index (χ0v) is 10.4. The zero-order chi connectivity index (χ0) is 13.0. The Labute approximate surface area is 106 Å². The summed E-state index contributed by atoms with van der Waals surface area (Å²) in [5.41, 5.74) is 0.726. The number of nitrogens with one attached hydrogen (secondary N) is 1. The van der Waals surface area contributed by atoms with Crippen LogP contribution in [0.4, 0.5) is 0 Å². The lowest BCUT2D eigenvalue weighted by Crippen LogP contribution is -2.23. The molecule has 0 radical (unpaired) electrons. The Bertz CT molecular complexity index is 511. The average molecular weight is 246 g/mol. The van der Waals surface area contributed by atoms with Crippen LogP contribution in [0.15, 0.2) is 36.7 Å². The van der Waals surface area contributed by atoms with Crippen LogP contribution < -0.4 is 5.32 Å². The van der Waals surface area contributed by atoms with E-state index in [1.54, 1.807) is 12.4 Å². The van der Waals surface area contributed by atoms with Crippen LogP contribution >= 0.6 is 0 Å². The molecule has 4 nitrogen and oxygen atoms in total. The summed E-state index contributed by atoms with van der Waals surface area (Å²) in [5.74, 6) is 0. The molecule has 0 aliphatic rings. The van der Waals surface area contributed by atoms with Crippen molar-refractivity contribution in [2.45, 2.75) is 18.6 Å². The van der Waals surface area contributed by atoms with E-state index in [4.69, 9.17) is 0 Å². The second kappa shape index (κ2) is 5.91. The van der Waals surface area contributed by atoms with Crippen LogP contribution in [-0.2, 0) is 0 Å². The standard InChI is InChI=1S/C14H18N2O2/c1-15-7-6-13(17)14(18)11-4-2-3-10-5-8-16-9-12(10)11/h2-5,8-9,13-15,17-18H,6-7H2,1H3. The molecular formula is C14H18N2O2. The molecule has 0 aliphatic carbocycles. The van der Waals surface area contributed by atoms with E-state index in [1.165, 1.54) is 0 Å². The van der Waals surface area contributed by atoms with E-state index < -0.39 is 12.2 Å². The fraction of sp³-hybridized carbons (Fsp3) is 0.357. The molecule has 1 aromatic carbocycles. The van der Waals surface area contributed by atoms with E-state index in [-0.39, 0.29) is 0 Å². The Hall–Kier alpha value is -1.49. The SMILES string of the molecule is CNCCC(O)C(O)c1cccc2ccncc12. The van der Waals surface area contributed by atoms with Gasteiger partial charge in [-0.3, -0.25) is 4.98 Å². The lowest BCUT2D eigenvalue weighted by Gasteiger charge is -2.19. The van der Waals surface area contributed by atoms with Crippen LogP contribution in [-0.4, -0.2) is 34.9 Å². The van der Waals surface area contributed by atoms with Gasteiger partial charge in [-0.2, -0.15) is 0 Å². The van der Waals surface area contributed by atoms with Gasteiger partial charge in [-0.05, 0) is 37.0 Å². The smallest absolute Gasteiger partial charge is 0.106 e. The van der Waals surface area contributed by atoms with Crippen molar-refractivity contribution in [1.29, 1.82) is 0 Å². The molecule has 2 unspecified atom stereocenters. The molecule has 0 bridgehead atoms. The molecule has 0 spiro atoms. The molecule has 4 heteroatoms. The number of aliphatic hydroxyl groups is 2. The van der Waals surface area contributed by atoms with E-state index in [0.717, 1.165) is 16.3 Å². The molecule has 1 aromatic heterocycles. The van der Waals surface area contributed by atoms with Gasteiger partial charge >= 0.3 is 0 Å². The van der Waals surface area contributed by atoms with Gasteiger partial charge in [-0.25, -0.2) is 0 Å². The number of aromatic nitrogens is 1. The minimum absolute atomic E-state index is 0.508. The molecule has 0 saturated heterocycles. The first-order valence-corrected chi connectivity index (χ1v) is 6.07. The van der Waals surface area contributed by atoms with Crippen molar-refractivity contribution in [3.05, 3.63) is 42.2 Å². The number of benzene rings is 1. The molecule has 0 saturated carbocycles. The molecule has 2 rings (SSSR count).